The van der Waals surface area contributed by atoms with Gasteiger partial charge in [-0.15, -0.1) is 0 Å². The van der Waals surface area contributed by atoms with Crippen molar-refractivity contribution < 1.29 is 17.9 Å². The van der Waals surface area contributed by atoms with Gasteiger partial charge in [0.2, 0.25) is 10.0 Å². The van der Waals surface area contributed by atoms with Gasteiger partial charge in [0.25, 0.3) is 0 Å². The Morgan fingerprint density at radius 3 is 2.52 bits per heavy atom. The maximum Gasteiger partial charge on any atom is 0.307 e. The van der Waals surface area contributed by atoms with Crippen molar-refractivity contribution in [3.05, 3.63) is 63.6 Å². The number of nitrogens with one attached hydrogen (secondary N) is 1. The van der Waals surface area contributed by atoms with Gasteiger partial charge in [0.1, 0.15) is 0 Å². The van der Waals surface area contributed by atoms with Gasteiger partial charge in [0.05, 0.1) is 24.5 Å². The molecule has 25 heavy (non-hydrogen) atoms. The molecule has 2 aromatic carbocycles. The number of sulfonamides is 1. The normalized spacial score (nSPS) is 12.6. The zero-order chi connectivity index (χ0) is 18.6. The quantitative estimate of drug-likeness (QED) is 0.716. The molecule has 0 aliphatic heterocycles. The lowest BCUT2D eigenvalue weighted by Gasteiger charge is -2.19. The number of methoxy groups -OCH3 is 1. The minimum atomic E-state index is -3.79. The van der Waals surface area contributed by atoms with Crippen LogP contribution in [0.25, 0.3) is 0 Å². The Balaban J connectivity index is 2.39. The van der Waals surface area contributed by atoms with Crippen molar-refractivity contribution in [2.24, 2.45) is 0 Å². The lowest BCUT2D eigenvalue weighted by Crippen LogP contribution is -2.31. The Bertz CT molecular complexity index is 880. The first kappa shape index (κ1) is 19.6. The number of hydrogen-bond donors (Lipinski definition) is 1. The average molecular weight is 426 g/mol. The molecular formula is C18H20BrNO4S. The van der Waals surface area contributed by atoms with E-state index in [0.29, 0.717) is 11.1 Å². The Kier molecular flexibility index (Phi) is 6.37. The smallest absolute Gasteiger partial charge is 0.307 e. The molecule has 0 aliphatic carbocycles. The maximum absolute atomic E-state index is 12.8. The number of carbonyl (C=O) groups is 1. The topological polar surface area (TPSA) is 72.5 Å². The lowest BCUT2D eigenvalue weighted by atomic mass is 10.1. The van der Waals surface area contributed by atoms with Gasteiger partial charge in [-0.05, 0) is 43.2 Å². The molecule has 5 nitrogen and oxygen atoms in total. The highest BCUT2D eigenvalue weighted by atomic mass is 79.9. The van der Waals surface area contributed by atoms with Crippen LogP contribution in [0.15, 0.2) is 51.8 Å². The largest absolute Gasteiger partial charge is 0.469 e. The summed E-state index contributed by atoms with van der Waals surface area (Å²) in [5.74, 6) is -0.492. The third-order valence-electron chi connectivity index (χ3n) is 3.77. The number of halogens is 1. The molecule has 0 saturated heterocycles. The van der Waals surface area contributed by atoms with Gasteiger partial charge in [-0.25, -0.2) is 13.1 Å². The highest BCUT2D eigenvalue weighted by molar-refractivity contribution is 9.10. The van der Waals surface area contributed by atoms with Crippen molar-refractivity contribution in [3.8, 4) is 0 Å². The summed E-state index contributed by atoms with van der Waals surface area (Å²) in [6.07, 6.45) is -0.100. The average Bonchev–Trinajstić information content (AvgIpc) is 2.53. The monoisotopic (exact) mass is 425 g/mol. The number of benzene rings is 2. The number of rotatable bonds is 6. The highest BCUT2D eigenvalue weighted by Gasteiger charge is 2.25. The fourth-order valence-corrected chi connectivity index (χ4v) is 4.42. The molecule has 0 aliphatic rings. The van der Waals surface area contributed by atoms with Crippen LogP contribution in [0.2, 0.25) is 0 Å². The van der Waals surface area contributed by atoms with Crippen LogP contribution in [0.3, 0.4) is 0 Å². The summed E-state index contributed by atoms with van der Waals surface area (Å²) in [5.41, 5.74) is 2.31. The zero-order valence-electron chi connectivity index (χ0n) is 14.2. The molecule has 134 valence electrons. The van der Waals surface area contributed by atoms with Crippen molar-refractivity contribution in [3.63, 3.8) is 0 Å². The maximum atomic E-state index is 12.8. The van der Waals surface area contributed by atoms with Crippen LogP contribution in [-0.4, -0.2) is 21.5 Å². The van der Waals surface area contributed by atoms with Gasteiger partial charge in [0, 0.05) is 4.47 Å². The molecule has 1 atom stereocenters. The van der Waals surface area contributed by atoms with Crippen molar-refractivity contribution in [1.29, 1.82) is 0 Å². The number of esters is 1. The van der Waals surface area contributed by atoms with Crippen LogP contribution >= 0.6 is 15.9 Å². The Hall–Kier alpha value is -1.70. The van der Waals surface area contributed by atoms with E-state index < -0.39 is 22.0 Å². The van der Waals surface area contributed by atoms with E-state index in [1.807, 2.05) is 19.1 Å². The second-order valence-corrected chi connectivity index (χ2v) is 8.38. The first-order chi connectivity index (χ1) is 11.7. The Morgan fingerprint density at radius 2 is 1.92 bits per heavy atom. The number of hydrogen-bond acceptors (Lipinski definition) is 4. The highest BCUT2D eigenvalue weighted by Crippen LogP contribution is 2.25. The van der Waals surface area contributed by atoms with E-state index >= 15 is 0 Å². The zero-order valence-corrected chi connectivity index (χ0v) is 16.6. The second kappa shape index (κ2) is 8.12. The first-order valence-electron chi connectivity index (χ1n) is 7.65. The molecule has 0 spiro atoms. The van der Waals surface area contributed by atoms with Crippen LogP contribution in [0.4, 0.5) is 0 Å². The molecule has 2 aromatic rings. The first-order valence-corrected chi connectivity index (χ1v) is 9.92. The van der Waals surface area contributed by atoms with Crippen molar-refractivity contribution in [2.45, 2.75) is 31.2 Å². The number of aryl methyl sites for hydroxylation is 2. The molecule has 0 radical (unpaired) electrons. The van der Waals surface area contributed by atoms with E-state index in [-0.39, 0.29) is 11.3 Å². The van der Waals surface area contributed by atoms with E-state index in [4.69, 9.17) is 4.74 Å². The van der Waals surface area contributed by atoms with Gasteiger partial charge >= 0.3 is 5.97 Å². The number of carbonyl (C=O) groups excluding carboxylic acids is 1. The van der Waals surface area contributed by atoms with Gasteiger partial charge < -0.3 is 4.74 Å². The molecule has 0 heterocycles. The van der Waals surface area contributed by atoms with Crippen LogP contribution in [0.5, 0.6) is 0 Å². The minimum Gasteiger partial charge on any atom is -0.469 e. The van der Waals surface area contributed by atoms with Gasteiger partial charge in [-0.3, -0.25) is 4.79 Å². The summed E-state index contributed by atoms with van der Waals surface area (Å²) in [4.78, 5) is 11.9. The van der Waals surface area contributed by atoms with E-state index in [9.17, 15) is 13.2 Å². The summed E-state index contributed by atoms with van der Waals surface area (Å²) in [6.45, 7) is 3.65. The predicted octanol–water partition coefficient (Wildman–Crippen LogP) is 3.65. The molecular weight excluding hydrogens is 406 g/mol. The molecule has 0 aromatic heterocycles. The lowest BCUT2D eigenvalue weighted by molar-refractivity contribution is -0.141. The SMILES string of the molecule is COC(=O)CC(NS(=O)(=O)c1ccc(C)cc1C)c1cccc(Br)c1. The molecule has 0 fully saturated rings. The van der Waals surface area contributed by atoms with E-state index in [1.165, 1.54) is 7.11 Å². The van der Waals surface area contributed by atoms with E-state index in [1.54, 1.807) is 37.3 Å². The standard InChI is InChI=1S/C18H20BrNO4S/c1-12-7-8-17(13(2)9-12)25(22,23)20-16(11-18(21)24-3)14-5-4-6-15(19)10-14/h4-10,16,20H,11H2,1-3H3. The number of ether oxygens (including phenoxy) is 1. The molecule has 0 bridgehead atoms. The molecule has 2 rings (SSSR count). The van der Waals surface area contributed by atoms with Crippen LogP contribution in [0, 0.1) is 13.8 Å². The Morgan fingerprint density at radius 1 is 1.20 bits per heavy atom. The third kappa shape index (κ3) is 5.14. The van der Waals surface area contributed by atoms with Crippen LogP contribution in [-0.2, 0) is 19.6 Å². The second-order valence-electron chi connectivity index (χ2n) is 5.78. The fourth-order valence-electron chi connectivity index (χ4n) is 2.55. The molecule has 1 N–H and O–H groups in total. The van der Waals surface area contributed by atoms with Crippen LogP contribution in [0.1, 0.15) is 29.2 Å². The molecule has 7 heteroatoms. The predicted molar refractivity (Wildman–Crippen MR) is 99.8 cm³/mol. The van der Waals surface area contributed by atoms with Crippen LogP contribution < -0.4 is 4.72 Å². The fraction of sp³-hybridized carbons (Fsp3) is 0.278. The third-order valence-corrected chi connectivity index (χ3v) is 5.89. The summed E-state index contributed by atoms with van der Waals surface area (Å²) in [5, 5.41) is 0. The summed E-state index contributed by atoms with van der Waals surface area (Å²) in [6, 6.07) is 11.6. The van der Waals surface area contributed by atoms with Crippen molar-refractivity contribution in [1.82, 2.24) is 4.72 Å². The van der Waals surface area contributed by atoms with E-state index in [0.717, 1.165) is 10.0 Å². The summed E-state index contributed by atoms with van der Waals surface area (Å²) in [7, 11) is -2.52. The molecule has 0 saturated carbocycles. The van der Waals surface area contributed by atoms with Gasteiger partial charge in [0.15, 0.2) is 0 Å². The summed E-state index contributed by atoms with van der Waals surface area (Å²) >= 11 is 3.36. The summed E-state index contributed by atoms with van der Waals surface area (Å²) < 4.78 is 33.8. The molecule has 1 unspecified atom stereocenters. The van der Waals surface area contributed by atoms with Gasteiger partial charge in [-0.1, -0.05) is 45.8 Å². The molecule has 0 amide bonds. The van der Waals surface area contributed by atoms with Crippen molar-refractivity contribution in [2.75, 3.05) is 7.11 Å². The Labute approximate surface area is 156 Å². The minimum absolute atomic E-state index is 0.100. The van der Waals surface area contributed by atoms with E-state index in [2.05, 4.69) is 20.7 Å². The van der Waals surface area contributed by atoms with Crippen molar-refractivity contribution >= 4 is 31.9 Å². The van der Waals surface area contributed by atoms with Gasteiger partial charge in [-0.2, -0.15) is 0 Å².